The molecule has 0 radical (unpaired) electrons. The van der Waals surface area contributed by atoms with Gasteiger partial charge in [-0.15, -0.1) is 13.2 Å². The molecule has 0 aliphatic rings. The third-order valence-corrected chi connectivity index (χ3v) is 2.45. The monoisotopic (exact) mass is 242 g/mol. The van der Waals surface area contributed by atoms with Crippen molar-refractivity contribution in [3.63, 3.8) is 0 Å². The second-order valence-electron chi connectivity index (χ2n) is 4.09. The summed E-state index contributed by atoms with van der Waals surface area (Å²) in [6, 6.07) is 0. The fourth-order valence-corrected chi connectivity index (χ4v) is 1.51. The van der Waals surface area contributed by atoms with E-state index in [1.54, 1.807) is 0 Å². The Kier molecular flexibility index (Phi) is 19.2. The molecule has 0 rings (SSSR count). The number of unbranched alkanes of at least 4 members (excludes halogenated alkanes) is 6. The van der Waals surface area contributed by atoms with Crippen molar-refractivity contribution < 1.29 is 9.53 Å². The first-order valence-corrected chi connectivity index (χ1v) is 6.96. The number of esters is 1. The molecule has 0 bridgehead atoms. The van der Waals surface area contributed by atoms with Crippen LogP contribution in [0.5, 0.6) is 0 Å². The van der Waals surface area contributed by atoms with Gasteiger partial charge in [0.05, 0.1) is 6.61 Å². The van der Waals surface area contributed by atoms with E-state index in [2.05, 4.69) is 20.1 Å². The summed E-state index contributed by atoms with van der Waals surface area (Å²) in [5.74, 6) is -0.0228. The Balaban J connectivity index is 0. The molecule has 0 saturated heterocycles. The molecule has 0 amide bonds. The topological polar surface area (TPSA) is 26.3 Å². The maximum Gasteiger partial charge on any atom is 0.305 e. The van der Waals surface area contributed by atoms with Crippen LogP contribution < -0.4 is 0 Å². The standard InChI is InChI=1S/C13H26O2.C2H4/c1-3-5-6-7-8-9-10-11-13(14)15-12-4-2;1-2/h3-12H2,1-2H3;1-2H2. The van der Waals surface area contributed by atoms with Gasteiger partial charge in [0.15, 0.2) is 0 Å². The first kappa shape index (κ1) is 18.6. The summed E-state index contributed by atoms with van der Waals surface area (Å²) in [6.45, 7) is 10.8. The molecule has 0 saturated carbocycles. The van der Waals surface area contributed by atoms with Crippen molar-refractivity contribution >= 4 is 5.97 Å². The summed E-state index contributed by atoms with van der Waals surface area (Å²) < 4.78 is 5.00. The summed E-state index contributed by atoms with van der Waals surface area (Å²) in [6.07, 6.45) is 10.3. The Hall–Kier alpha value is -0.790. The van der Waals surface area contributed by atoms with E-state index in [9.17, 15) is 4.79 Å². The average Bonchev–Trinajstić information content (AvgIpc) is 2.37. The second kappa shape index (κ2) is 17.6. The highest BCUT2D eigenvalue weighted by Gasteiger charge is 2.00. The van der Waals surface area contributed by atoms with E-state index in [1.165, 1.54) is 38.5 Å². The summed E-state index contributed by atoms with van der Waals surface area (Å²) in [5, 5.41) is 0. The lowest BCUT2D eigenvalue weighted by atomic mass is 10.1. The molecule has 0 N–H and O–H groups in total. The number of hydrogen-bond acceptors (Lipinski definition) is 2. The van der Waals surface area contributed by atoms with Gasteiger partial charge in [-0.2, -0.15) is 0 Å². The van der Waals surface area contributed by atoms with Crippen molar-refractivity contribution in [2.75, 3.05) is 6.61 Å². The summed E-state index contributed by atoms with van der Waals surface area (Å²) in [4.78, 5) is 11.1. The maximum absolute atomic E-state index is 11.1. The molecule has 0 heterocycles. The van der Waals surface area contributed by atoms with Crippen LogP contribution in [0.4, 0.5) is 0 Å². The molecule has 102 valence electrons. The predicted molar refractivity (Wildman–Crippen MR) is 75.1 cm³/mol. The number of ether oxygens (including phenoxy) is 1. The number of rotatable bonds is 10. The van der Waals surface area contributed by atoms with Gasteiger partial charge >= 0.3 is 5.97 Å². The van der Waals surface area contributed by atoms with E-state index in [-0.39, 0.29) is 5.97 Å². The van der Waals surface area contributed by atoms with E-state index in [4.69, 9.17) is 4.74 Å². The maximum atomic E-state index is 11.1. The zero-order valence-electron chi connectivity index (χ0n) is 11.8. The Morgan fingerprint density at radius 2 is 1.41 bits per heavy atom. The Labute approximate surface area is 107 Å². The molecule has 2 heteroatoms. The van der Waals surface area contributed by atoms with Crippen molar-refractivity contribution in [2.45, 2.75) is 71.6 Å². The minimum Gasteiger partial charge on any atom is -0.466 e. The largest absolute Gasteiger partial charge is 0.466 e. The quantitative estimate of drug-likeness (QED) is 0.310. The molecule has 0 aromatic carbocycles. The third-order valence-electron chi connectivity index (χ3n) is 2.45. The van der Waals surface area contributed by atoms with Gasteiger partial charge < -0.3 is 4.74 Å². The van der Waals surface area contributed by atoms with Crippen LogP contribution in [-0.4, -0.2) is 12.6 Å². The van der Waals surface area contributed by atoms with Crippen LogP contribution in [0, 0.1) is 0 Å². The van der Waals surface area contributed by atoms with E-state index in [0.717, 1.165) is 12.8 Å². The lowest BCUT2D eigenvalue weighted by molar-refractivity contribution is -0.143. The molecule has 0 aliphatic carbocycles. The van der Waals surface area contributed by atoms with Gasteiger partial charge in [-0.05, 0) is 12.8 Å². The van der Waals surface area contributed by atoms with Gasteiger partial charge in [0.25, 0.3) is 0 Å². The molecular weight excluding hydrogens is 212 g/mol. The first-order valence-electron chi connectivity index (χ1n) is 6.96. The fourth-order valence-electron chi connectivity index (χ4n) is 1.51. The van der Waals surface area contributed by atoms with Gasteiger partial charge in [0.2, 0.25) is 0 Å². The molecule has 0 aromatic rings. The average molecular weight is 242 g/mol. The molecule has 0 atom stereocenters. The van der Waals surface area contributed by atoms with E-state index >= 15 is 0 Å². The van der Waals surface area contributed by atoms with Crippen LogP contribution in [0.15, 0.2) is 13.2 Å². The zero-order chi connectivity index (χ0) is 13.4. The Bertz CT molecular complexity index is 155. The van der Waals surface area contributed by atoms with E-state index < -0.39 is 0 Å². The molecule has 0 spiro atoms. The molecule has 17 heavy (non-hydrogen) atoms. The lowest BCUT2D eigenvalue weighted by Crippen LogP contribution is -2.04. The Morgan fingerprint density at radius 1 is 0.882 bits per heavy atom. The van der Waals surface area contributed by atoms with Gasteiger partial charge in [-0.25, -0.2) is 0 Å². The highest BCUT2D eigenvalue weighted by molar-refractivity contribution is 5.69. The van der Waals surface area contributed by atoms with Crippen molar-refractivity contribution in [3.05, 3.63) is 13.2 Å². The Morgan fingerprint density at radius 3 is 1.94 bits per heavy atom. The van der Waals surface area contributed by atoms with Crippen molar-refractivity contribution in [1.82, 2.24) is 0 Å². The third kappa shape index (κ3) is 17.8. The summed E-state index contributed by atoms with van der Waals surface area (Å²) in [7, 11) is 0. The van der Waals surface area contributed by atoms with Crippen LogP contribution in [0.3, 0.4) is 0 Å². The number of hydrogen-bond donors (Lipinski definition) is 0. The van der Waals surface area contributed by atoms with Crippen molar-refractivity contribution in [1.29, 1.82) is 0 Å². The SMILES string of the molecule is C=C.CCCCCCCCCC(=O)OCCC. The van der Waals surface area contributed by atoms with Crippen LogP contribution in [0.25, 0.3) is 0 Å². The van der Waals surface area contributed by atoms with Gasteiger partial charge in [0.1, 0.15) is 0 Å². The summed E-state index contributed by atoms with van der Waals surface area (Å²) >= 11 is 0. The molecule has 0 aliphatic heterocycles. The van der Waals surface area contributed by atoms with Crippen LogP contribution in [0.1, 0.15) is 71.6 Å². The predicted octanol–water partition coefficient (Wildman–Crippen LogP) is 4.88. The molecule has 2 nitrogen and oxygen atoms in total. The van der Waals surface area contributed by atoms with Crippen LogP contribution in [0.2, 0.25) is 0 Å². The highest BCUT2D eigenvalue weighted by atomic mass is 16.5. The zero-order valence-corrected chi connectivity index (χ0v) is 11.8. The van der Waals surface area contributed by atoms with E-state index in [0.29, 0.717) is 13.0 Å². The molecule has 0 fully saturated rings. The van der Waals surface area contributed by atoms with Gasteiger partial charge in [-0.1, -0.05) is 52.4 Å². The number of carbonyl (C=O) groups excluding carboxylic acids is 1. The van der Waals surface area contributed by atoms with Crippen LogP contribution >= 0.6 is 0 Å². The number of carbonyl (C=O) groups is 1. The lowest BCUT2D eigenvalue weighted by Gasteiger charge is -2.03. The van der Waals surface area contributed by atoms with E-state index in [1.807, 2.05) is 6.92 Å². The summed E-state index contributed by atoms with van der Waals surface area (Å²) in [5.41, 5.74) is 0. The van der Waals surface area contributed by atoms with Crippen molar-refractivity contribution in [3.8, 4) is 0 Å². The van der Waals surface area contributed by atoms with Crippen molar-refractivity contribution in [2.24, 2.45) is 0 Å². The van der Waals surface area contributed by atoms with Gasteiger partial charge in [-0.3, -0.25) is 4.79 Å². The molecule has 0 aromatic heterocycles. The second-order valence-corrected chi connectivity index (χ2v) is 4.09. The van der Waals surface area contributed by atoms with Gasteiger partial charge in [0, 0.05) is 6.42 Å². The normalized spacial score (nSPS) is 9.29. The molecule has 0 unspecified atom stereocenters. The highest BCUT2D eigenvalue weighted by Crippen LogP contribution is 2.08. The minimum atomic E-state index is -0.0228. The fraction of sp³-hybridized carbons (Fsp3) is 0.800. The first-order chi connectivity index (χ1) is 8.31. The molecular formula is C15H30O2. The van der Waals surface area contributed by atoms with Crippen LogP contribution in [-0.2, 0) is 9.53 Å². The smallest absolute Gasteiger partial charge is 0.305 e. The minimum absolute atomic E-state index is 0.0228.